The van der Waals surface area contributed by atoms with Crippen molar-refractivity contribution in [2.75, 3.05) is 0 Å². The van der Waals surface area contributed by atoms with Crippen molar-refractivity contribution in [1.82, 2.24) is 0 Å². The third-order valence-corrected chi connectivity index (χ3v) is 11.2. The molecule has 0 heterocycles. The van der Waals surface area contributed by atoms with Gasteiger partial charge in [0.05, 0.1) is 0 Å². The summed E-state index contributed by atoms with van der Waals surface area (Å²) in [6.45, 7) is 6.65. The Balaban J connectivity index is 2.08. The molecular weight excluding hydrogens is 295 g/mol. The van der Waals surface area contributed by atoms with Gasteiger partial charge in [-0.2, -0.15) is 0 Å². The van der Waals surface area contributed by atoms with E-state index in [1.807, 2.05) is 0 Å². The molecule has 120 valence electrons. The zero-order valence-electron chi connectivity index (χ0n) is 14.0. The van der Waals surface area contributed by atoms with E-state index < -0.39 is 7.26 Å². The Morgan fingerprint density at radius 2 is 1.91 bits per heavy atom. The van der Waals surface area contributed by atoms with Crippen LogP contribution in [-0.2, 0) is 0 Å². The van der Waals surface area contributed by atoms with Crippen molar-refractivity contribution in [1.29, 1.82) is 0 Å². The van der Waals surface area contributed by atoms with Crippen molar-refractivity contribution < 1.29 is 0 Å². The van der Waals surface area contributed by atoms with Gasteiger partial charge in [-0.3, -0.25) is 0 Å². The molecular formula is C22H27P. The van der Waals surface area contributed by atoms with Crippen LogP contribution < -0.4 is 5.30 Å². The van der Waals surface area contributed by atoms with Gasteiger partial charge in [-0.25, -0.2) is 0 Å². The van der Waals surface area contributed by atoms with Gasteiger partial charge in [-0.1, -0.05) is 0 Å². The summed E-state index contributed by atoms with van der Waals surface area (Å²) in [5.74, 6) is 0. The molecule has 0 N–H and O–H groups in total. The number of allylic oxidation sites excluding steroid dienone is 9. The van der Waals surface area contributed by atoms with Crippen LogP contribution in [0.2, 0.25) is 0 Å². The fraction of sp³-hybridized carbons (Fsp3) is 0.273. The summed E-state index contributed by atoms with van der Waals surface area (Å²) in [7, 11) is -1.84. The van der Waals surface area contributed by atoms with Crippen molar-refractivity contribution in [3.8, 4) is 0 Å². The van der Waals surface area contributed by atoms with Crippen molar-refractivity contribution in [2.45, 2.75) is 37.5 Å². The van der Waals surface area contributed by atoms with Crippen LogP contribution in [0.3, 0.4) is 0 Å². The molecule has 1 atom stereocenters. The van der Waals surface area contributed by atoms with Gasteiger partial charge in [-0.05, 0) is 0 Å². The summed E-state index contributed by atoms with van der Waals surface area (Å²) >= 11 is 0. The standard InChI is InChI=1S/C22H27P/c1-3-4-7-12-19(2)23(22-17-18-22,20-13-8-5-9-14-20)21-15-10-6-11-16-21/h3-15,21-23H,2,16-18H2,1H3/b4-3-,12-7-. The second-order valence-corrected chi connectivity index (χ2v) is 11.1. The molecule has 0 spiro atoms. The van der Waals surface area contributed by atoms with Crippen molar-refractivity contribution in [2.24, 2.45) is 0 Å². The molecule has 0 aliphatic heterocycles. The predicted octanol–water partition coefficient (Wildman–Crippen LogP) is 5.75. The van der Waals surface area contributed by atoms with Crippen LogP contribution in [-0.4, -0.2) is 11.3 Å². The van der Waals surface area contributed by atoms with Crippen LogP contribution in [0.5, 0.6) is 0 Å². The molecule has 0 aromatic heterocycles. The molecule has 0 radical (unpaired) electrons. The topological polar surface area (TPSA) is 0 Å². The molecule has 23 heavy (non-hydrogen) atoms. The Morgan fingerprint density at radius 1 is 1.13 bits per heavy atom. The molecule has 0 bridgehead atoms. The van der Waals surface area contributed by atoms with Gasteiger partial charge >= 0.3 is 141 Å². The fourth-order valence-corrected chi connectivity index (χ4v) is 10.0. The zero-order chi connectivity index (χ0) is 16.1. The van der Waals surface area contributed by atoms with Gasteiger partial charge in [0.2, 0.25) is 0 Å². The van der Waals surface area contributed by atoms with Crippen LogP contribution in [0.15, 0.2) is 90.8 Å². The molecule has 1 aromatic rings. The Hall–Kier alpha value is -1.65. The summed E-state index contributed by atoms with van der Waals surface area (Å²) in [5.41, 5.74) is 1.47. The van der Waals surface area contributed by atoms with E-state index in [2.05, 4.69) is 92.4 Å². The second kappa shape index (κ2) is 7.28. The molecule has 1 heteroatoms. The average molecular weight is 322 g/mol. The third-order valence-electron chi connectivity index (χ3n) is 5.17. The maximum absolute atomic E-state index is 4.59. The first-order valence-electron chi connectivity index (χ1n) is 8.67. The van der Waals surface area contributed by atoms with E-state index in [4.69, 9.17) is 0 Å². The monoisotopic (exact) mass is 322 g/mol. The Labute approximate surface area is 141 Å². The average Bonchev–Trinajstić information content (AvgIpc) is 3.43. The van der Waals surface area contributed by atoms with E-state index in [1.54, 1.807) is 5.30 Å². The van der Waals surface area contributed by atoms with E-state index in [0.717, 1.165) is 12.1 Å². The van der Waals surface area contributed by atoms with Crippen molar-refractivity contribution in [3.63, 3.8) is 0 Å². The molecule has 1 fully saturated rings. The summed E-state index contributed by atoms with van der Waals surface area (Å²) in [5, 5.41) is 2.94. The molecule has 0 saturated heterocycles. The van der Waals surface area contributed by atoms with Crippen LogP contribution in [0.25, 0.3) is 0 Å². The van der Waals surface area contributed by atoms with Crippen LogP contribution in [0.4, 0.5) is 0 Å². The molecule has 2 aliphatic carbocycles. The third kappa shape index (κ3) is 3.19. The van der Waals surface area contributed by atoms with E-state index in [0.29, 0.717) is 5.66 Å². The molecule has 1 aromatic carbocycles. The summed E-state index contributed by atoms with van der Waals surface area (Å²) in [6, 6.07) is 11.2. The molecule has 0 nitrogen and oxygen atoms in total. The van der Waals surface area contributed by atoms with Gasteiger partial charge in [0.25, 0.3) is 0 Å². The van der Waals surface area contributed by atoms with Crippen LogP contribution in [0.1, 0.15) is 26.2 Å². The van der Waals surface area contributed by atoms with E-state index in [9.17, 15) is 0 Å². The van der Waals surface area contributed by atoms with E-state index in [-0.39, 0.29) is 0 Å². The predicted molar refractivity (Wildman–Crippen MR) is 107 cm³/mol. The minimum absolute atomic E-state index is 0.630. The zero-order valence-corrected chi connectivity index (χ0v) is 15.0. The number of hydrogen-bond acceptors (Lipinski definition) is 0. The van der Waals surface area contributed by atoms with Crippen molar-refractivity contribution in [3.05, 3.63) is 90.8 Å². The quantitative estimate of drug-likeness (QED) is 0.462. The summed E-state index contributed by atoms with van der Waals surface area (Å²) < 4.78 is 0. The van der Waals surface area contributed by atoms with Gasteiger partial charge in [0, 0.05) is 0 Å². The van der Waals surface area contributed by atoms with Crippen LogP contribution >= 0.6 is 7.26 Å². The summed E-state index contributed by atoms with van der Waals surface area (Å²) in [4.78, 5) is 0. The van der Waals surface area contributed by atoms with Crippen molar-refractivity contribution >= 4 is 12.6 Å². The molecule has 1 unspecified atom stereocenters. The van der Waals surface area contributed by atoms with E-state index >= 15 is 0 Å². The normalized spacial score (nSPS) is 22.0. The van der Waals surface area contributed by atoms with Gasteiger partial charge in [-0.15, -0.1) is 0 Å². The molecule has 0 amide bonds. The molecule has 2 aliphatic rings. The summed E-state index contributed by atoms with van der Waals surface area (Å²) in [6.07, 6.45) is 21.7. The minimum atomic E-state index is -1.84. The molecule has 1 saturated carbocycles. The Kier molecular flexibility index (Phi) is 5.13. The number of rotatable bonds is 6. The first-order chi connectivity index (χ1) is 11.3. The number of benzene rings is 1. The van der Waals surface area contributed by atoms with Gasteiger partial charge < -0.3 is 0 Å². The Morgan fingerprint density at radius 3 is 2.52 bits per heavy atom. The van der Waals surface area contributed by atoms with Gasteiger partial charge in [0.1, 0.15) is 0 Å². The first kappa shape index (κ1) is 16.2. The number of hydrogen-bond donors (Lipinski definition) is 0. The molecule has 3 rings (SSSR count). The maximum atomic E-state index is 4.59. The SMILES string of the molecule is C=C(/C=C\C=C/C)[PH](c1ccccc1)(C1C=CC=CC1)C1CC1. The fourth-order valence-electron chi connectivity index (χ4n) is 4.03. The van der Waals surface area contributed by atoms with E-state index in [1.165, 1.54) is 18.2 Å². The Bertz CT molecular complexity index is 658. The van der Waals surface area contributed by atoms with Crippen LogP contribution in [0, 0.1) is 0 Å². The first-order valence-corrected chi connectivity index (χ1v) is 10.8. The second-order valence-electron chi connectivity index (χ2n) is 6.57. The van der Waals surface area contributed by atoms with Gasteiger partial charge in [0.15, 0.2) is 0 Å².